The Balaban J connectivity index is 2.34. The zero-order valence-electron chi connectivity index (χ0n) is 11.1. The van der Waals surface area contributed by atoms with E-state index >= 15 is 0 Å². The fourth-order valence-electron chi connectivity index (χ4n) is 1.48. The van der Waals surface area contributed by atoms with E-state index in [4.69, 9.17) is 21.6 Å². The van der Waals surface area contributed by atoms with Crippen LogP contribution in [0, 0.1) is 11.3 Å². The lowest BCUT2D eigenvalue weighted by molar-refractivity contribution is -0.132. The number of nitrogens with zero attached hydrogens (tertiary/aromatic N) is 2. The van der Waals surface area contributed by atoms with Crippen LogP contribution in [0.1, 0.15) is 19.8 Å². The molecule has 0 aliphatic carbocycles. The second-order valence-corrected chi connectivity index (χ2v) is 4.70. The number of hydrogen-bond acceptors (Lipinski definition) is 3. The van der Waals surface area contributed by atoms with Crippen molar-refractivity contribution < 1.29 is 9.53 Å². The first-order chi connectivity index (χ1) is 9.04. The molecule has 1 amide bonds. The van der Waals surface area contributed by atoms with Crippen LogP contribution in [0.25, 0.3) is 0 Å². The van der Waals surface area contributed by atoms with Gasteiger partial charge in [-0.3, -0.25) is 4.79 Å². The Labute approximate surface area is 118 Å². The van der Waals surface area contributed by atoms with Gasteiger partial charge in [-0.15, -0.1) is 0 Å². The number of hydrogen-bond donors (Lipinski definition) is 0. The van der Waals surface area contributed by atoms with Crippen molar-refractivity contribution in [1.29, 1.82) is 5.26 Å². The summed E-state index contributed by atoms with van der Waals surface area (Å²) in [6, 6.07) is 8.97. The number of amides is 1. The minimum atomic E-state index is -0.0759. The maximum absolute atomic E-state index is 11.8. The third-order valence-electron chi connectivity index (χ3n) is 2.84. The molecule has 0 fully saturated rings. The molecule has 1 atom stereocenters. The van der Waals surface area contributed by atoms with E-state index in [1.165, 1.54) is 0 Å². The Bertz CT molecular complexity index is 454. The van der Waals surface area contributed by atoms with Gasteiger partial charge in [0.2, 0.25) is 5.91 Å². The molecular weight excluding hydrogens is 264 g/mol. The molecule has 0 saturated heterocycles. The van der Waals surface area contributed by atoms with Gasteiger partial charge in [0.1, 0.15) is 5.75 Å². The van der Waals surface area contributed by atoms with Crippen molar-refractivity contribution in [3.05, 3.63) is 29.3 Å². The van der Waals surface area contributed by atoms with Gasteiger partial charge in [0.25, 0.3) is 0 Å². The molecule has 0 N–H and O–H groups in total. The topological polar surface area (TPSA) is 53.3 Å². The van der Waals surface area contributed by atoms with Crippen LogP contribution in [0.3, 0.4) is 0 Å². The van der Waals surface area contributed by atoms with E-state index in [2.05, 4.69) is 6.07 Å². The van der Waals surface area contributed by atoms with E-state index in [0.717, 1.165) is 0 Å². The van der Waals surface area contributed by atoms with Gasteiger partial charge in [-0.2, -0.15) is 5.26 Å². The summed E-state index contributed by atoms with van der Waals surface area (Å²) in [7, 11) is 1.70. The molecule has 1 rings (SSSR count). The second kappa shape index (κ2) is 7.65. The van der Waals surface area contributed by atoms with Crippen molar-refractivity contribution in [2.45, 2.75) is 25.8 Å². The number of carbonyl (C=O) groups excluding carboxylic acids is 1. The van der Waals surface area contributed by atoms with Gasteiger partial charge < -0.3 is 9.64 Å². The summed E-state index contributed by atoms with van der Waals surface area (Å²) in [4.78, 5) is 13.4. The molecule has 1 aromatic carbocycles. The Kier molecular flexibility index (Phi) is 6.17. The molecule has 19 heavy (non-hydrogen) atoms. The summed E-state index contributed by atoms with van der Waals surface area (Å²) in [5.74, 6) is 0.654. The van der Waals surface area contributed by atoms with Gasteiger partial charge in [-0.25, -0.2) is 0 Å². The predicted octanol–water partition coefficient (Wildman–Crippen LogP) is 2.87. The number of nitriles is 1. The van der Waals surface area contributed by atoms with Crippen molar-refractivity contribution in [3.8, 4) is 11.8 Å². The number of halogens is 1. The molecule has 0 aliphatic heterocycles. The van der Waals surface area contributed by atoms with Crippen molar-refractivity contribution in [1.82, 2.24) is 4.90 Å². The van der Waals surface area contributed by atoms with Crippen molar-refractivity contribution >= 4 is 17.5 Å². The molecule has 0 saturated carbocycles. The average Bonchev–Trinajstić information content (AvgIpc) is 2.40. The summed E-state index contributed by atoms with van der Waals surface area (Å²) in [5, 5.41) is 9.24. The summed E-state index contributed by atoms with van der Waals surface area (Å²) in [5.41, 5.74) is 0. The van der Waals surface area contributed by atoms with E-state index in [-0.39, 0.29) is 18.4 Å². The monoisotopic (exact) mass is 280 g/mol. The van der Waals surface area contributed by atoms with Crippen LogP contribution in [0.5, 0.6) is 5.75 Å². The molecule has 1 aromatic rings. The lowest BCUT2D eigenvalue weighted by atomic mass is 10.2. The zero-order chi connectivity index (χ0) is 14.3. The fourth-order valence-corrected chi connectivity index (χ4v) is 1.60. The van der Waals surface area contributed by atoms with Crippen molar-refractivity contribution in [2.75, 3.05) is 13.7 Å². The van der Waals surface area contributed by atoms with Gasteiger partial charge in [0.15, 0.2) is 0 Å². The predicted molar refractivity (Wildman–Crippen MR) is 74.0 cm³/mol. The molecular formula is C14H17ClN2O2. The SMILES string of the molecule is CC(CC#N)N(C)C(=O)CCOc1ccc(Cl)cc1. The summed E-state index contributed by atoms with van der Waals surface area (Å²) in [6.07, 6.45) is 0.620. The fraction of sp³-hybridized carbons (Fsp3) is 0.429. The quantitative estimate of drug-likeness (QED) is 0.805. The molecule has 0 heterocycles. The van der Waals surface area contributed by atoms with Crippen LogP contribution in [0.2, 0.25) is 5.02 Å². The van der Waals surface area contributed by atoms with E-state index < -0.39 is 0 Å². The zero-order valence-corrected chi connectivity index (χ0v) is 11.9. The van der Waals surface area contributed by atoms with Gasteiger partial charge in [-0.05, 0) is 31.2 Å². The highest BCUT2D eigenvalue weighted by Gasteiger charge is 2.15. The molecule has 0 aromatic heterocycles. The molecule has 0 radical (unpaired) electrons. The highest BCUT2D eigenvalue weighted by atomic mass is 35.5. The van der Waals surface area contributed by atoms with Crippen molar-refractivity contribution in [2.24, 2.45) is 0 Å². The second-order valence-electron chi connectivity index (χ2n) is 4.27. The van der Waals surface area contributed by atoms with Crippen LogP contribution in [0.4, 0.5) is 0 Å². The minimum absolute atomic E-state index is 0.0308. The van der Waals surface area contributed by atoms with E-state index in [9.17, 15) is 4.79 Å². The van der Waals surface area contributed by atoms with Crippen LogP contribution >= 0.6 is 11.6 Å². The van der Waals surface area contributed by atoms with Gasteiger partial charge in [0.05, 0.1) is 25.5 Å². The Morgan fingerprint density at radius 1 is 1.47 bits per heavy atom. The van der Waals surface area contributed by atoms with Crippen LogP contribution in [-0.2, 0) is 4.79 Å². The molecule has 5 heteroatoms. The highest BCUT2D eigenvalue weighted by molar-refractivity contribution is 6.30. The number of benzene rings is 1. The highest BCUT2D eigenvalue weighted by Crippen LogP contribution is 2.15. The number of rotatable bonds is 6. The summed E-state index contributed by atoms with van der Waals surface area (Å²) in [6.45, 7) is 2.16. The van der Waals surface area contributed by atoms with Crippen LogP contribution in [0.15, 0.2) is 24.3 Å². The van der Waals surface area contributed by atoms with Crippen LogP contribution in [-0.4, -0.2) is 30.5 Å². The Morgan fingerprint density at radius 2 is 2.11 bits per heavy atom. The van der Waals surface area contributed by atoms with Crippen molar-refractivity contribution in [3.63, 3.8) is 0 Å². The Morgan fingerprint density at radius 3 is 2.68 bits per heavy atom. The maximum Gasteiger partial charge on any atom is 0.226 e. The third-order valence-corrected chi connectivity index (χ3v) is 3.09. The molecule has 0 bridgehead atoms. The molecule has 0 spiro atoms. The number of carbonyl (C=O) groups is 1. The summed E-state index contributed by atoms with van der Waals surface area (Å²) < 4.78 is 5.45. The van der Waals surface area contributed by atoms with E-state index in [1.807, 2.05) is 6.92 Å². The smallest absolute Gasteiger partial charge is 0.226 e. The molecule has 0 aliphatic rings. The molecule has 102 valence electrons. The largest absolute Gasteiger partial charge is 0.493 e. The lowest BCUT2D eigenvalue weighted by Crippen LogP contribution is -2.35. The van der Waals surface area contributed by atoms with Crippen LogP contribution < -0.4 is 4.74 Å². The van der Waals surface area contributed by atoms with Gasteiger partial charge in [-0.1, -0.05) is 11.6 Å². The van der Waals surface area contributed by atoms with Gasteiger partial charge >= 0.3 is 0 Å². The van der Waals surface area contributed by atoms with E-state index in [0.29, 0.717) is 23.8 Å². The lowest BCUT2D eigenvalue weighted by Gasteiger charge is -2.22. The first-order valence-electron chi connectivity index (χ1n) is 6.05. The standard InChI is InChI=1S/C14H17ClN2O2/c1-11(7-9-16)17(2)14(18)8-10-19-13-5-3-12(15)4-6-13/h3-6,11H,7-8,10H2,1-2H3. The van der Waals surface area contributed by atoms with E-state index in [1.54, 1.807) is 36.2 Å². The molecule has 1 unspecified atom stereocenters. The normalized spacial score (nSPS) is 11.5. The minimum Gasteiger partial charge on any atom is -0.493 e. The summed E-state index contributed by atoms with van der Waals surface area (Å²) >= 11 is 5.76. The first-order valence-corrected chi connectivity index (χ1v) is 6.43. The Hall–Kier alpha value is -1.73. The average molecular weight is 281 g/mol. The maximum atomic E-state index is 11.8. The van der Waals surface area contributed by atoms with Gasteiger partial charge in [0, 0.05) is 18.1 Å². The molecule has 4 nitrogen and oxygen atoms in total. The number of ether oxygens (including phenoxy) is 1. The first kappa shape index (κ1) is 15.3. The third kappa shape index (κ3) is 5.19.